The Morgan fingerprint density at radius 2 is 0.864 bits per heavy atom. The predicted octanol–water partition coefficient (Wildman–Crippen LogP) is 6.21. The third kappa shape index (κ3) is 1.77. The maximum Gasteiger partial charge on any atom is -0.00252 e. The van der Waals surface area contributed by atoms with Crippen LogP contribution < -0.4 is 0 Å². The molecule has 2 aliphatic carbocycles. The van der Waals surface area contributed by atoms with Crippen LogP contribution in [0.3, 0.4) is 0 Å². The minimum atomic E-state index is 0.888. The summed E-state index contributed by atoms with van der Waals surface area (Å²) in [6, 6.07) is 13.2. The molecule has 22 heavy (non-hydrogen) atoms. The minimum absolute atomic E-state index is 0.888. The van der Waals surface area contributed by atoms with Gasteiger partial charge in [0.2, 0.25) is 0 Å². The van der Waals surface area contributed by atoms with Crippen molar-refractivity contribution in [1.82, 2.24) is 0 Å². The largest absolute Gasteiger partial charge is 0.0949 e. The highest BCUT2D eigenvalue weighted by Crippen LogP contribution is 2.43. The van der Waals surface area contributed by atoms with Crippen molar-refractivity contribution in [2.45, 2.75) is 12.8 Å². The van der Waals surface area contributed by atoms with E-state index in [0.717, 1.165) is 12.8 Å². The zero-order chi connectivity index (χ0) is 15.4. The van der Waals surface area contributed by atoms with Crippen molar-refractivity contribution in [2.75, 3.05) is 0 Å². The Morgan fingerprint density at radius 3 is 1.27 bits per heavy atom. The summed E-state index contributed by atoms with van der Waals surface area (Å²) in [6.45, 7) is 16.6. The maximum absolute atomic E-state index is 4.17. The van der Waals surface area contributed by atoms with Gasteiger partial charge in [0.15, 0.2) is 0 Å². The smallest absolute Gasteiger partial charge is 0.00252 e. The Hall–Kier alpha value is -2.60. The van der Waals surface area contributed by atoms with Crippen LogP contribution in [0.4, 0.5) is 0 Å². The van der Waals surface area contributed by atoms with Gasteiger partial charge in [0.25, 0.3) is 0 Å². The van der Waals surface area contributed by atoms with Gasteiger partial charge < -0.3 is 0 Å². The Balaban J connectivity index is 1.84. The lowest BCUT2D eigenvalue weighted by atomic mass is 9.96. The molecule has 0 aromatic heterocycles. The standard InChI is InChI=1S/C22H18/c1-13-9-15(3)21-11-17(5-7-19(13)21)18-6-8-20-14(2)10-16(4)22(20)12-18/h5-8,11-12H,1-4,9-10H2. The van der Waals surface area contributed by atoms with Gasteiger partial charge in [0.1, 0.15) is 0 Å². The van der Waals surface area contributed by atoms with E-state index < -0.39 is 0 Å². The number of benzene rings is 2. The van der Waals surface area contributed by atoms with E-state index in [4.69, 9.17) is 0 Å². The van der Waals surface area contributed by atoms with E-state index in [9.17, 15) is 0 Å². The second-order valence-corrected chi connectivity index (χ2v) is 6.29. The summed E-state index contributed by atoms with van der Waals surface area (Å²) in [5, 5.41) is 0. The second kappa shape index (κ2) is 4.45. The zero-order valence-electron chi connectivity index (χ0n) is 12.7. The molecule has 0 atom stereocenters. The number of fused-ring (bicyclic) bond motifs is 2. The van der Waals surface area contributed by atoms with E-state index in [1.807, 2.05) is 0 Å². The van der Waals surface area contributed by atoms with Crippen LogP contribution in [0.25, 0.3) is 33.4 Å². The fraction of sp³-hybridized carbons (Fsp3) is 0.0909. The highest BCUT2D eigenvalue weighted by Gasteiger charge is 2.21. The Kier molecular flexibility index (Phi) is 2.65. The average Bonchev–Trinajstić information content (AvgIpc) is 2.96. The molecule has 0 saturated heterocycles. The minimum Gasteiger partial charge on any atom is -0.0949 e. The quantitative estimate of drug-likeness (QED) is 0.583. The summed E-state index contributed by atoms with van der Waals surface area (Å²) in [4.78, 5) is 0. The Labute approximate surface area is 131 Å². The zero-order valence-corrected chi connectivity index (χ0v) is 12.7. The molecule has 106 valence electrons. The molecule has 0 radical (unpaired) electrons. The summed E-state index contributed by atoms with van der Waals surface area (Å²) in [6.07, 6.45) is 1.78. The van der Waals surface area contributed by atoms with Gasteiger partial charge in [-0.2, -0.15) is 0 Å². The number of hydrogen-bond acceptors (Lipinski definition) is 0. The molecule has 2 aromatic carbocycles. The summed E-state index contributed by atoms with van der Waals surface area (Å²) in [7, 11) is 0. The normalized spacial score (nSPS) is 16.2. The third-order valence-electron chi connectivity index (χ3n) is 4.75. The average molecular weight is 282 g/mol. The van der Waals surface area contributed by atoms with Crippen LogP contribution >= 0.6 is 0 Å². The van der Waals surface area contributed by atoms with Crippen molar-refractivity contribution in [3.05, 3.63) is 85.0 Å². The van der Waals surface area contributed by atoms with Crippen molar-refractivity contribution >= 4 is 22.3 Å². The van der Waals surface area contributed by atoms with Crippen LogP contribution in [0.1, 0.15) is 35.1 Å². The lowest BCUT2D eigenvalue weighted by Crippen LogP contribution is -1.86. The lowest BCUT2D eigenvalue weighted by Gasteiger charge is -2.09. The molecular weight excluding hydrogens is 264 g/mol. The van der Waals surface area contributed by atoms with E-state index >= 15 is 0 Å². The van der Waals surface area contributed by atoms with Crippen LogP contribution in [-0.2, 0) is 0 Å². The van der Waals surface area contributed by atoms with E-state index in [1.165, 1.54) is 55.7 Å². The first kappa shape index (κ1) is 13.1. The van der Waals surface area contributed by atoms with E-state index in [-0.39, 0.29) is 0 Å². The molecule has 0 fully saturated rings. The second-order valence-electron chi connectivity index (χ2n) is 6.29. The molecule has 0 spiro atoms. The van der Waals surface area contributed by atoms with Crippen LogP contribution in [-0.4, -0.2) is 0 Å². The van der Waals surface area contributed by atoms with Gasteiger partial charge in [-0.3, -0.25) is 0 Å². The molecule has 0 unspecified atom stereocenters. The number of rotatable bonds is 1. The molecule has 2 aliphatic rings. The maximum atomic E-state index is 4.17. The van der Waals surface area contributed by atoms with Gasteiger partial charge in [-0.1, -0.05) is 50.6 Å². The molecule has 2 aromatic rings. The molecular formula is C22H18. The van der Waals surface area contributed by atoms with Gasteiger partial charge in [-0.25, -0.2) is 0 Å². The fourth-order valence-electron chi connectivity index (χ4n) is 3.55. The first-order valence-corrected chi connectivity index (χ1v) is 7.55. The van der Waals surface area contributed by atoms with Crippen LogP contribution in [0.15, 0.2) is 62.7 Å². The van der Waals surface area contributed by atoms with Crippen molar-refractivity contribution in [3.8, 4) is 11.1 Å². The summed E-state index contributed by atoms with van der Waals surface area (Å²) in [5.41, 5.74) is 12.1. The van der Waals surface area contributed by atoms with Crippen molar-refractivity contribution < 1.29 is 0 Å². The van der Waals surface area contributed by atoms with Crippen LogP contribution in [0.5, 0.6) is 0 Å². The number of hydrogen-bond donors (Lipinski definition) is 0. The van der Waals surface area contributed by atoms with E-state index in [2.05, 4.69) is 62.7 Å². The highest BCUT2D eigenvalue weighted by atomic mass is 14.2. The van der Waals surface area contributed by atoms with E-state index in [0.29, 0.717) is 0 Å². The SMILES string of the molecule is C=C1CC(=C)c2cc(-c3ccc4c(c3)C(=C)CC4=C)ccc21. The lowest BCUT2D eigenvalue weighted by molar-refractivity contribution is 1.54. The predicted molar refractivity (Wildman–Crippen MR) is 97.2 cm³/mol. The van der Waals surface area contributed by atoms with Crippen molar-refractivity contribution in [1.29, 1.82) is 0 Å². The molecule has 0 saturated carbocycles. The molecule has 0 heteroatoms. The molecule has 0 nitrogen and oxygen atoms in total. The van der Waals surface area contributed by atoms with Gasteiger partial charge in [-0.05, 0) is 80.6 Å². The highest BCUT2D eigenvalue weighted by molar-refractivity contribution is 5.94. The molecule has 4 rings (SSSR count). The first-order chi connectivity index (χ1) is 10.5. The van der Waals surface area contributed by atoms with Gasteiger partial charge in [0.05, 0.1) is 0 Å². The van der Waals surface area contributed by atoms with Crippen LogP contribution in [0, 0.1) is 0 Å². The Morgan fingerprint density at radius 1 is 0.500 bits per heavy atom. The molecule has 0 heterocycles. The summed E-state index contributed by atoms with van der Waals surface area (Å²) >= 11 is 0. The molecule has 0 amide bonds. The molecule has 0 aliphatic heterocycles. The summed E-state index contributed by atoms with van der Waals surface area (Å²) < 4.78 is 0. The first-order valence-electron chi connectivity index (χ1n) is 7.55. The Bertz CT molecular complexity index is 815. The fourth-order valence-corrected chi connectivity index (χ4v) is 3.55. The monoisotopic (exact) mass is 282 g/mol. The molecule has 0 N–H and O–H groups in total. The van der Waals surface area contributed by atoms with Crippen molar-refractivity contribution in [2.24, 2.45) is 0 Å². The van der Waals surface area contributed by atoms with Gasteiger partial charge in [-0.15, -0.1) is 0 Å². The van der Waals surface area contributed by atoms with Gasteiger partial charge in [0, 0.05) is 0 Å². The topological polar surface area (TPSA) is 0 Å². The third-order valence-corrected chi connectivity index (χ3v) is 4.75. The summed E-state index contributed by atoms with van der Waals surface area (Å²) in [5.74, 6) is 0. The molecule has 0 bridgehead atoms. The number of allylic oxidation sites excluding steroid dienone is 4. The van der Waals surface area contributed by atoms with Crippen molar-refractivity contribution in [3.63, 3.8) is 0 Å². The van der Waals surface area contributed by atoms with E-state index in [1.54, 1.807) is 0 Å². The van der Waals surface area contributed by atoms with Crippen LogP contribution in [0.2, 0.25) is 0 Å². The van der Waals surface area contributed by atoms with Gasteiger partial charge >= 0.3 is 0 Å².